The Morgan fingerprint density at radius 2 is 0.933 bits per heavy atom. The van der Waals surface area contributed by atoms with Crippen molar-refractivity contribution < 1.29 is 0 Å². The fourth-order valence-corrected chi connectivity index (χ4v) is 6.58. The third kappa shape index (κ3) is 4.02. The van der Waals surface area contributed by atoms with Gasteiger partial charge < -0.3 is 14.0 Å². The van der Waals surface area contributed by atoms with E-state index in [1.165, 1.54) is 0 Å². The molecule has 0 fully saturated rings. The van der Waals surface area contributed by atoms with Gasteiger partial charge in [-0.05, 0) is 84.9 Å². The summed E-state index contributed by atoms with van der Waals surface area (Å²) in [6.45, 7) is 0. The lowest BCUT2D eigenvalue weighted by molar-refractivity contribution is 1.16. The van der Waals surface area contributed by atoms with Crippen LogP contribution in [-0.4, -0.2) is 19.1 Å². The number of hydrogen-bond acceptors (Lipinski definition) is 3. The third-order valence-electron chi connectivity index (χ3n) is 8.53. The maximum absolute atomic E-state index is 5.34. The van der Waals surface area contributed by atoms with E-state index in [0.717, 1.165) is 72.4 Å². The lowest BCUT2D eigenvalue weighted by atomic mass is 10.2. The number of hydrogen-bond donors (Lipinski definition) is 0. The molecule has 0 aliphatic rings. The van der Waals surface area contributed by atoms with Crippen molar-refractivity contribution in [1.29, 1.82) is 0 Å². The minimum atomic E-state index is 0.904. The van der Waals surface area contributed by atoms with Crippen molar-refractivity contribution in [3.63, 3.8) is 0 Å². The summed E-state index contributed by atoms with van der Waals surface area (Å²) in [5.41, 5.74) is 12.5. The molecule has 45 heavy (non-hydrogen) atoms. The quantitative estimate of drug-likeness (QED) is 0.204. The van der Waals surface area contributed by atoms with Gasteiger partial charge in [0.2, 0.25) is 0 Å². The molecule has 0 saturated heterocycles. The Kier molecular flexibility index (Phi) is 5.74. The minimum Gasteiger partial charge on any atom is -0.311 e. The second-order valence-corrected chi connectivity index (χ2v) is 11.1. The Morgan fingerprint density at radius 3 is 1.64 bits per heavy atom. The largest absolute Gasteiger partial charge is 0.311 e. The molecule has 4 aromatic heterocycles. The Morgan fingerprint density at radius 1 is 0.400 bits per heavy atom. The average Bonchev–Trinajstić information content (AvgIpc) is 3.61. The van der Waals surface area contributed by atoms with E-state index in [-0.39, 0.29) is 0 Å². The van der Waals surface area contributed by atoms with Crippen molar-refractivity contribution in [2.45, 2.75) is 0 Å². The van der Waals surface area contributed by atoms with E-state index in [4.69, 9.17) is 9.97 Å². The number of benzene rings is 5. The summed E-state index contributed by atoms with van der Waals surface area (Å²) in [4.78, 5) is 12.4. The van der Waals surface area contributed by atoms with E-state index in [1.54, 1.807) is 0 Å². The first kappa shape index (κ1) is 25.3. The highest BCUT2D eigenvalue weighted by Crippen LogP contribution is 2.38. The molecule has 0 atom stereocenters. The Hall–Kier alpha value is -6.20. The van der Waals surface area contributed by atoms with Gasteiger partial charge in [-0.15, -0.1) is 0 Å². The van der Waals surface area contributed by atoms with Crippen LogP contribution in [-0.2, 0) is 0 Å². The molecule has 4 heterocycles. The number of rotatable bonds is 5. The van der Waals surface area contributed by atoms with Gasteiger partial charge in [-0.1, -0.05) is 72.8 Å². The van der Waals surface area contributed by atoms with E-state index in [1.807, 2.05) is 18.3 Å². The first-order chi connectivity index (χ1) is 22.3. The molecule has 9 rings (SSSR count). The summed E-state index contributed by atoms with van der Waals surface area (Å²) in [6.07, 6.45) is 1.85. The van der Waals surface area contributed by atoms with Gasteiger partial charge in [-0.3, -0.25) is 4.98 Å². The van der Waals surface area contributed by atoms with Crippen molar-refractivity contribution in [3.8, 4) is 11.4 Å². The highest BCUT2D eigenvalue weighted by atomic mass is 15.1. The molecule has 0 saturated carbocycles. The number of pyridine rings is 2. The summed E-state index contributed by atoms with van der Waals surface area (Å²) >= 11 is 0. The van der Waals surface area contributed by atoms with Crippen molar-refractivity contribution in [1.82, 2.24) is 19.1 Å². The average molecular weight is 578 g/mol. The SMILES string of the molecule is c1ccc(N(c2ccccc2)c2ccc(-n3c4ccccc4c4nc5c6ncccc6n(-c6ccccc6)c5cc43)cc2)cc1. The fourth-order valence-electron chi connectivity index (χ4n) is 6.58. The molecule has 0 amide bonds. The van der Waals surface area contributed by atoms with Crippen LogP contribution >= 0.6 is 0 Å². The molecule has 0 N–H and O–H groups in total. The minimum absolute atomic E-state index is 0.904. The van der Waals surface area contributed by atoms with E-state index in [2.05, 4.69) is 160 Å². The third-order valence-corrected chi connectivity index (χ3v) is 8.53. The molecule has 0 aliphatic heterocycles. The maximum Gasteiger partial charge on any atom is 0.116 e. The lowest BCUT2D eigenvalue weighted by Crippen LogP contribution is -2.09. The van der Waals surface area contributed by atoms with Crippen LogP contribution in [0.3, 0.4) is 0 Å². The van der Waals surface area contributed by atoms with Crippen LogP contribution in [0.2, 0.25) is 0 Å². The first-order valence-electron chi connectivity index (χ1n) is 15.1. The van der Waals surface area contributed by atoms with Gasteiger partial charge in [0.05, 0.1) is 27.6 Å². The zero-order valence-electron chi connectivity index (χ0n) is 24.3. The molecular formula is C40H27N5. The first-order valence-corrected chi connectivity index (χ1v) is 15.1. The normalized spacial score (nSPS) is 11.6. The standard InChI is InChI=1S/C40H27N5/c1-4-13-28(14-5-1)43(29-15-6-2-7-16-29)31-22-24-32(25-23-31)44-34-20-11-10-19-33(34)38-36(44)27-37-40(42-38)39-35(21-12-26-41-39)45(37)30-17-8-3-9-18-30/h1-27H. The monoisotopic (exact) mass is 577 g/mol. The van der Waals surface area contributed by atoms with Crippen LogP contribution in [0.15, 0.2) is 164 Å². The number of aromatic nitrogens is 4. The van der Waals surface area contributed by atoms with E-state index >= 15 is 0 Å². The topological polar surface area (TPSA) is 38.9 Å². The van der Waals surface area contributed by atoms with Gasteiger partial charge in [0, 0.05) is 40.0 Å². The highest BCUT2D eigenvalue weighted by molar-refractivity contribution is 6.14. The van der Waals surface area contributed by atoms with Gasteiger partial charge in [-0.2, -0.15) is 0 Å². The van der Waals surface area contributed by atoms with Gasteiger partial charge in [0.1, 0.15) is 11.0 Å². The second-order valence-electron chi connectivity index (χ2n) is 11.1. The summed E-state index contributed by atoms with van der Waals surface area (Å²) in [7, 11) is 0. The number of anilines is 3. The molecular weight excluding hydrogens is 550 g/mol. The lowest BCUT2D eigenvalue weighted by Gasteiger charge is -2.25. The number of fused-ring (bicyclic) bond motifs is 6. The van der Waals surface area contributed by atoms with Gasteiger partial charge >= 0.3 is 0 Å². The van der Waals surface area contributed by atoms with Crippen LogP contribution in [0.4, 0.5) is 17.1 Å². The van der Waals surface area contributed by atoms with Gasteiger partial charge in [0.15, 0.2) is 0 Å². The molecule has 5 heteroatoms. The molecule has 9 aromatic rings. The maximum atomic E-state index is 5.34. The van der Waals surface area contributed by atoms with E-state index < -0.39 is 0 Å². The predicted molar refractivity (Wildman–Crippen MR) is 185 cm³/mol. The molecule has 0 spiro atoms. The molecule has 0 radical (unpaired) electrons. The Balaban J connectivity index is 1.28. The van der Waals surface area contributed by atoms with Crippen molar-refractivity contribution in [2.24, 2.45) is 0 Å². The number of nitrogens with zero attached hydrogens (tertiary/aromatic N) is 5. The zero-order valence-corrected chi connectivity index (χ0v) is 24.3. The van der Waals surface area contributed by atoms with Crippen molar-refractivity contribution in [3.05, 3.63) is 164 Å². The van der Waals surface area contributed by atoms with Crippen molar-refractivity contribution >= 4 is 61.1 Å². The zero-order chi connectivity index (χ0) is 29.7. The van der Waals surface area contributed by atoms with Crippen molar-refractivity contribution in [2.75, 3.05) is 4.90 Å². The molecule has 5 aromatic carbocycles. The highest BCUT2D eigenvalue weighted by Gasteiger charge is 2.20. The number of para-hydroxylation sites is 4. The van der Waals surface area contributed by atoms with E-state index in [9.17, 15) is 0 Å². The molecule has 5 nitrogen and oxygen atoms in total. The van der Waals surface area contributed by atoms with Crippen LogP contribution < -0.4 is 4.90 Å². The summed E-state index contributed by atoms with van der Waals surface area (Å²) in [5.74, 6) is 0. The van der Waals surface area contributed by atoms with Crippen LogP contribution in [0.5, 0.6) is 0 Å². The van der Waals surface area contributed by atoms with Crippen LogP contribution in [0, 0.1) is 0 Å². The predicted octanol–water partition coefficient (Wildman–Crippen LogP) is 10.1. The molecule has 0 unspecified atom stereocenters. The van der Waals surface area contributed by atoms with E-state index in [0.29, 0.717) is 0 Å². The van der Waals surface area contributed by atoms with Gasteiger partial charge in [-0.25, -0.2) is 4.98 Å². The summed E-state index contributed by atoms with van der Waals surface area (Å²) < 4.78 is 4.60. The Bertz CT molecular complexity index is 2420. The van der Waals surface area contributed by atoms with Gasteiger partial charge in [0.25, 0.3) is 0 Å². The Labute approximate surface area is 259 Å². The molecule has 0 bridgehead atoms. The second kappa shape index (κ2) is 10.2. The smallest absolute Gasteiger partial charge is 0.116 e. The summed E-state index contributed by atoms with van der Waals surface area (Å²) in [6, 6.07) is 55.2. The fraction of sp³-hybridized carbons (Fsp3) is 0. The molecule has 0 aliphatic carbocycles. The summed E-state index contributed by atoms with van der Waals surface area (Å²) in [5, 5.41) is 1.12. The van der Waals surface area contributed by atoms with Crippen LogP contribution in [0.1, 0.15) is 0 Å². The van der Waals surface area contributed by atoms with Crippen LogP contribution in [0.25, 0.3) is 55.4 Å². The molecule has 212 valence electrons.